The Hall–Kier alpha value is -2.15. The van der Waals surface area contributed by atoms with E-state index in [1.807, 2.05) is 26.5 Å². The molecule has 0 radical (unpaired) electrons. The third-order valence-electron chi connectivity index (χ3n) is 5.18. The van der Waals surface area contributed by atoms with E-state index in [2.05, 4.69) is 51.5 Å². The molecule has 2 aromatic rings. The minimum absolute atomic E-state index is 0.431. The molecule has 0 amide bonds. The monoisotopic (exact) mass is 371 g/mol. The number of hydrogen-bond donors (Lipinski definition) is 0. The van der Waals surface area contributed by atoms with Gasteiger partial charge in [0, 0.05) is 63.8 Å². The van der Waals surface area contributed by atoms with E-state index in [9.17, 15) is 0 Å². The summed E-state index contributed by atoms with van der Waals surface area (Å²) in [4.78, 5) is 20.7. The zero-order valence-electron chi connectivity index (χ0n) is 17.4. The maximum absolute atomic E-state index is 4.81. The highest BCUT2D eigenvalue weighted by molar-refractivity contribution is 5.48. The first-order chi connectivity index (χ1) is 13.0. The lowest BCUT2D eigenvalue weighted by atomic mass is 9.97. The van der Waals surface area contributed by atoms with Gasteiger partial charge in [-0.2, -0.15) is 4.98 Å². The fourth-order valence-corrected chi connectivity index (χ4v) is 3.83. The van der Waals surface area contributed by atoms with Gasteiger partial charge in [0.15, 0.2) is 0 Å². The van der Waals surface area contributed by atoms with Crippen molar-refractivity contribution in [3.05, 3.63) is 30.0 Å². The van der Waals surface area contributed by atoms with Crippen LogP contribution in [0.3, 0.4) is 0 Å². The van der Waals surface area contributed by atoms with Crippen molar-refractivity contribution in [2.24, 2.45) is 0 Å². The van der Waals surface area contributed by atoms with Crippen LogP contribution < -0.4 is 9.80 Å². The van der Waals surface area contributed by atoms with Gasteiger partial charge in [0.25, 0.3) is 0 Å². The van der Waals surface area contributed by atoms with Gasteiger partial charge in [-0.3, -0.25) is 0 Å². The molecular weight excluding hydrogens is 338 g/mol. The van der Waals surface area contributed by atoms with Crippen LogP contribution in [0.4, 0.5) is 11.8 Å². The molecule has 0 N–H and O–H groups in total. The minimum Gasteiger partial charge on any atom is -0.362 e. The summed E-state index contributed by atoms with van der Waals surface area (Å²) in [6.07, 6.45) is 9.45. The van der Waals surface area contributed by atoms with Crippen LogP contribution in [0.25, 0.3) is 0 Å². The van der Waals surface area contributed by atoms with Gasteiger partial charge in [-0.1, -0.05) is 0 Å². The lowest BCUT2D eigenvalue weighted by Gasteiger charge is -2.33. The molecule has 0 saturated carbocycles. The third-order valence-corrected chi connectivity index (χ3v) is 5.18. The third kappa shape index (κ3) is 4.77. The molecule has 1 unspecified atom stereocenters. The number of aromatic nitrogens is 4. The zero-order chi connectivity index (χ0) is 19.4. The molecule has 1 aliphatic heterocycles. The fraction of sp³-hybridized carbons (Fsp3) is 0.650. The van der Waals surface area contributed by atoms with Crippen molar-refractivity contribution in [1.82, 2.24) is 24.4 Å². The Bertz CT molecular complexity index is 738. The molecule has 0 bridgehead atoms. The zero-order valence-corrected chi connectivity index (χ0v) is 17.4. The summed E-state index contributed by atoms with van der Waals surface area (Å²) in [7, 11) is 8.31. The molecule has 27 heavy (non-hydrogen) atoms. The molecule has 1 fully saturated rings. The Balaban J connectivity index is 1.72. The Labute approximate surface area is 163 Å². The fourth-order valence-electron chi connectivity index (χ4n) is 3.83. The van der Waals surface area contributed by atoms with E-state index >= 15 is 0 Å². The maximum atomic E-state index is 4.81. The van der Waals surface area contributed by atoms with Gasteiger partial charge in [-0.05, 0) is 46.8 Å². The van der Waals surface area contributed by atoms with Gasteiger partial charge >= 0.3 is 0 Å². The molecule has 7 heteroatoms. The average Bonchev–Trinajstić information content (AvgIpc) is 3.10. The number of aryl methyl sites for hydroxylation is 2. The van der Waals surface area contributed by atoms with Crippen molar-refractivity contribution in [2.75, 3.05) is 57.6 Å². The van der Waals surface area contributed by atoms with Gasteiger partial charge < -0.3 is 19.3 Å². The molecule has 0 aliphatic carbocycles. The van der Waals surface area contributed by atoms with Gasteiger partial charge in [0.05, 0.1) is 0 Å². The molecule has 148 valence electrons. The van der Waals surface area contributed by atoms with Crippen molar-refractivity contribution < 1.29 is 0 Å². The molecule has 2 aromatic heterocycles. The van der Waals surface area contributed by atoms with Crippen molar-refractivity contribution >= 4 is 11.8 Å². The van der Waals surface area contributed by atoms with Gasteiger partial charge in [0.2, 0.25) is 5.95 Å². The van der Waals surface area contributed by atoms with Crippen LogP contribution in [-0.2, 0) is 6.54 Å². The van der Waals surface area contributed by atoms with Crippen LogP contribution >= 0.6 is 0 Å². The van der Waals surface area contributed by atoms with E-state index in [1.54, 1.807) is 0 Å². The number of imidazole rings is 1. The average molecular weight is 372 g/mol. The first-order valence-corrected chi connectivity index (χ1v) is 9.87. The lowest BCUT2D eigenvalue weighted by Crippen LogP contribution is -2.36. The predicted octanol–water partition coefficient (Wildman–Crippen LogP) is 2.38. The van der Waals surface area contributed by atoms with Crippen LogP contribution in [0.1, 0.15) is 36.6 Å². The molecule has 1 aliphatic rings. The number of piperidine rings is 1. The first kappa shape index (κ1) is 19.6. The normalized spacial score (nSPS) is 17.6. The quantitative estimate of drug-likeness (QED) is 0.745. The smallest absolute Gasteiger partial charge is 0.227 e. The molecule has 0 aromatic carbocycles. The highest BCUT2D eigenvalue weighted by Gasteiger charge is 2.26. The second-order valence-electron chi connectivity index (χ2n) is 7.99. The van der Waals surface area contributed by atoms with Crippen LogP contribution in [0.5, 0.6) is 0 Å². The summed E-state index contributed by atoms with van der Waals surface area (Å²) in [5.41, 5.74) is 1.11. The van der Waals surface area contributed by atoms with Crippen molar-refractivity contribution in [1.29, 1.82) is 0 Å². The summed E-state index contributed by atoms with van der Waals surface area (Å²) in [6.45, 7) is 6.12. The first-order valence-electron chi connectivity index (χ1n) is 9.87. The van der Waals surface area contributed by atoms with Crippen LogP contribution in [0, 0.1) is 6.92 Å². The highest BCUT2D eigenvalue weighted by Crippen LogP contribution is 2.29. The topological polar surface area (TPSA) is 53.3 Å². The summed E-state index contributed by atoms with van der Waals surface area (Å²) < 4.78 is 2.33. The van der Waals surface area contributed by atoms with Crippen molar-refractivity contribution in [3.63, 3.8) is 0 Å². The summed E-state index contributed by atoms with van der Waals surface area (Å²) >= 11 is 0. The molecule has 7 nitrogen and oxygen atoms in total. The van der Waals surface area contributed by atoms with E-state index in [0.29, 0.717) is 5.92 Å². The van der Waals surface area contributed by atoms with Crippen LogP contribution in [-0.4, -0.2) is 72.2 Å². The number of rotatable bonds is 7. The number of anilines is 2. The summed E-state index contributed by atoms with van der Waals surface area (Å²) in [5, 5.41) is 0. The number of hydrogen-bond acceptors (Lipinski definition) is 6. The van der Waals surface area contributed by atoms with E-state index in [0.717, 1.165) is 56.4 Å². The van der Waals surface area contributed by atoms with Gasteiger partial charge in [0.1, 0.15) is 11.6 Å². The number of nitrogens with zero attached hydrogens (tertiary/aromatic N) is 7. The Morgan fingerprint density at radius 1 is 1.19 bits per heavy atom. The van der Waals surface area contributed by atoms with E-state index in [4.69, 9.17) is 9.97 Å². The van der Waals surface area contributed by atoms with Gasteiger partial charge in [-0.25, -0.2) is 9.97 Å². The minimum atomic E-state index is 0.431. The Kier molecular flexibility index (Phi) is 6.31. The highest BCUT2D eigenvalue weighted by atomic mass is 15.3. The maximum Gasteiger partial charge on any atom is 0.227 e. The Morgan fingerprint density at radius 3 is 2.74 bits per heavy atom. The lowest BCUT2D eigenvalue weighted by molar-refractivity contribution is 0.380. The molecule has 3 heterocycles. The van der Waals surface area contributed by atoms with Crippen LogP contribution in [0.15, 0.2) is 18.6 Å². The Morgan fingerprint density at radius 2 is 2.00 bits per heavy atom. The molecule has 1 saturated heterocycles. The second-order valence-corrected chi connectivity index (χ2v) is 7.99. The van der Waals surface area contributed by atoms with E-state index in [-0.39, 0.29) is 0 Å². The molecule has 3 rings (SSSR count). The molecule has 0 spiro atoms. The summed E-state index contributed by atoms with van der Waals surface area (Å²) in [5.74, 6) is 3.46. The predicted molar refractivity (Wildman–Crippen MR) is 111 cm³/mol. The largest absolute Gasteiger partial charge is 0.362 e. The second kappa shape index (κ2) is 8.69. The van der Waals surface area contributed by atoms with Crippen LogP contribution in [0.2, 0.25) is 0 Å². The SMILES string of the molecule is Cc1cnc(N2CCCC(c3nccn3CCCN(C)C)C2)nc1N(C)C. The van der Waals surface area contributed by atoms with Crippen molar-refractivity contribution in [3.8, 4) is 0 Å². The van der Waals surface area contributed by atoms with Crippen molar-refractivity contribution in [2.45, 2.75) is 38.6 Å². The standard InChI is InChI=1S/C20H33N7/c1-16-14-22-20(23-18(16)25(4)5)27-11-6-8-17(15-27)19-21-9-13-26(19)12-7-10-24(2)3/h9,13-14,17H,6-8,10-12,15H2,1-5H3. The molecular formula is C20H33N7. The van der Waals surface area contributed by atoms with Gasteiger partial charge in [-0.15, -0.1) is 0 Å². The van der Waals surface area contributed by atoms with E-state index < -0.39 is 0 Å². The van der Waals surface area contributed by atoms with E-state index in [1.165, 1.54) is 12.2 Å². The summed E-state index contributed by atoms with van der Waals surface area (Å²) in [6, 6.07) is 0. The molecule has 1 atom stereocenters.